The Morgan fingerprint density at radius 2 is 1.54 bits per heavy atom. The Balaban J connectivity index is 4.03. The van der Waals surface area contributed by atoms with Gasteiger partial charge in [-0.05, 0) is 38.4 Å². The molecule has 0 amide bonds. The fourth-order valence-electron chi connectivity index (χ4n) is 1.50. The molecule has 1 nitrogen and oxygen atoms in total. The fraction of sp³-hybridized carbons (Fsp3) is 1.00. The van der Waals surface area contributed by atoms with Crippen molar-refractivity contribution in [1.29, 1.82) is 0 Å². The Bertz CT molecular complexity index is 140. The molecule has 0 aromatic carbocycles. The summed E-state index contributed by atoms with van der Waals surface area (Å²) in [5, 5.41) is 0. The molecule has 80 valence electrons. The minimum absolute atomic E-state index is 0.418. The summed E-state index contributed by atoms with van der Waals surface area (Å²) >= 11 is 0. The van der Waals surface area contributed by atoms with Gasteiger partial charge in [0, 0.05) is 6.10 Å². The smallest absolute Gasteiger partial charge is 0.184 e. The van der Waals surface area contributed by atoms with E-state index in [0.29, 0.717) is 12.0 Å². The second-order valence-corrected chi connectivity index (χ2v) is 9.64. The van der Waals surface area contributed by atoms with Gasteiger partial charge in [-0.1, -0.05) is 27.2 Å². The van der Waals surface area contributed by atoms with Crippen LogP contribution in [-0.4, -0.2) is 14.4 Å². The van der Waals surface area contributed by atoms with E-state index in [9.17, 15) is 0 Å². The molecule has 3 atom stereocenters. The van der Waals surface area contributed by atoms with Crippen molar-refractivity contribution in [1.82, 2.24) is 0 Å². The summed E-state index contributed by atoms with van der Waals surface area (Å²) in [5.41, 5.74) is 0. The lowest BCUT2D eigenvalue weighted by Crippen LogP contribution is -2.35. The van der Waals surface area contributed by atoms with Crippen molar-refractivity contribution in [2.24, 2.45) is 11.8 Å². The van der Waals surface area contributed by atoms with E-state index < -0.39 is 8.32 Å². The summed E-state index contributed by atoms with van der Waals surface area (Å²) in [6.07, 6.45) is 1.67. The normalized spacial score (nSPS) is 19.6. The van der Waals surface area contributed by atoms with Crippen LogP contribution in [0.15, 0.2) is 0 Å². The van der Waals surface area contributed by atoms with Crippen LogP contribution in [0, 0.1) is 11.8 Å². The molecule has 13 heavy (non-hydrogen) atoms. The first kappa shape index (κ1) is 13.2. The zero-order chi connectivity index (χ0) is 10.6. The van der Waals surface area contributed by atoms with Gasteiger partial charge in [0.25, 0.3) is 0 Å². The molecule has 0 heterocycles. The van der Waals surface area contributed by atoms with Crippen LogP contribution in [0.5, 0.6) is 0 Å². The Morgan fingerprint density at radius 1 is 1.08 bits per heavy atom. The zero-order valence-electron chi connectivity index (χ0n) is 10.3. The van der Waals surface area contributed by atoms with Crippen LogP contribution in [-0.2, 0) is 4.43 Å². The molecule has 0 spiro atoms. The Labute approximate surface area is 85.0 Å². The van der Waals surface area contributed by atoms with E-state index in [0.717, 1.165) is 5.92 Å². The molecular formula is C11H26OSi. The maximum Gasteiger partial charge on any atom is 0.184 e. The summed E-state index contributed by atoms with van der Waals surface area (Å²) in [7, 11) is -1.34. The highest BCUT2D eigenvalue weighted by Crippen LogP contribution is 2.22. The molecule has 0 saturated heterocycles. The standard InChI is InChI=1S/C11H26OSi/c1-8-9(2)10(3)11(4)12-13(5,6)7/h9-11H,8H2,1-7H3. The summed E-state index contributed by atoms with van der Waals surface area (Å²) in [6, 6.07) is 0. The Morgan fingerprint density at radius 3 is 1.85 bits per heavy atom. The lowest BCUT2D eigenvalue weighted by molar-refractivity contribution is 0.119. The van der Waals surface area contributed by atoms with E-state index in [2.05, 4.69) is 47.3 Å². The summed E-state index contributed by atoms with van der Waals surface area (Å²) in [6.45, 7) is 15.9. The zero-order valence-corrected chi connectivity index (χ0v) is 11.3. The molecule has 0 bridgehead atoms. The molecule has 0 saturated carbocycles. The van der Waals surface area contributed by atoms with Gasteiger partial charge < -0.3 is 4.43 Å². The van der Waals surface area contributed by atoms with Gasteiger partial charge in [-0.25, -0.2) is 0 Å². The van der Waals surface area contributed by atoms with Crippen LogP contribution in [0.25, 0.3) is 0 Å². The van der Waals surface area contributed by atoms with Crippen LogP contribution < -0.4 is 0 Å². The third-order valence-electron chi connectivity index (χ3n) is 2.82. The summed E-state index contributed by atoms with van der Waals surface area (Å²) in [5.74, 6) is 1.45. The topological polar surface area (TPSA) is 9.23 Å². The van der Waals surface area contributed by atoms with Crippen molar-refractivity contribution in [3.05, 3.63) is 0 Å². The quantitative estimate of drug-likeness (QED) is 0.614. The van der Waals surface area contributed by atoms with Gasteiger partial charge in [-0.15, -0.1) is 0 Å². The molecule has 0 radical (unpaired) electrons. The van der Waals surface area contributed by atoms with E-state index >= 15 is 0 Å². The third kappa shape index (κ3) is 5.48. The predicted octanol–water partition coefficient (Wildman–Crippen LogP) is 3.91. The van der Waals surface area contributed by atoms with Gasteiger partial charge in [0.1, 0.15) is 0 Å². The van der Waals surface area contributed by atoms with Crippen molar-refractivity contribution in [3.8, 4) is 0 Å². The van der Waals surface area contributed by atoms with Crippen LogP contribution in [0.4, 0.5) is 0 Å². The maximum absolute atomic E-state index is 6.06. The number of hydrogen-bond donors (Lipinski definition) is 0. The monoisotopic (exact) mass is 202 g/mol. The lowest BCUT2D eigenvalue weighted by atomic mass is 9.90. The van der Waals surface area contributed by atoms with E-state index in [1.807, 2.05) is 0 Å². The highest BCUT2D eigenvalue weighted by Gasteiger charge is 2.24. The molecule has 2 heteroatoms. The lowest BCUT2D eigenvalue weighted by Gasteiger charge is -2.31. The third-order valence-corrected chi connectivity index (χ3v) is 3.90. The van der Waals surface area contributed by atoms with E-state index in [1.165, 1.54) is 6.42 Å². The van der Waals surface area contributed by atoms with Gasteiger partial charge in [0.15, 0.2) is 8.32 Å². The second kappa shape index (κ2) is 5.16. The largest absolute Gasteiger partial charge is 0.415 e. The van der Waals surface area contributed by atoms with E-state index in [-0.39, 0.29) is 0 Å². The van der Waals surface area contributed by atoms with E-state index in [1.54, 1.807) is 0 Å². The highest BCUT2D eigenvalue weighted by molar-refractivity contribution is 6.69. The number of rotatable bonds is 5. The minimum atomic E-state index is -1.34. The molecule has 0 aromatic rings. The SMILES string of the molecule is CCC(C)C(C)C(C)O[Si](C)(C)C. The van der Waals surface area contributed by atoms with Gasteiger partial charge >= 0.3 is 0 Å². The average Bonchev–Trinajstić information content (AvgIpc) is 1.98. The first-order valence-corrected chi connectivity index (χ1v) is 8.86. The molecule has 0 aliphatic carbocycles. The maximum atomic E-state index is 6.06. The van der Waals surface area contributed by atoms with Crippen LogP contribution in [0.2, 0.25) is 19.6 Å². The average molecular weight is 202 g/mol. The summed E-state index contributed by atoms with van der Waals surface area (Å²) in [4.78, 5) is 0. The Kier molecular flexibility index (Phi) is 5.23. The second-order valence-electron chi connectivity index (χ2n) is 5.18. The highest BCUT2D eigenvalue weighted by atomic mass is 28.4. The van der Waals surface area contributed by atoms with E-state index in [4.69, 9.17) is 4.43 Å². The molecule has 3 unspecified atom stereocenters. The first-order chi connectivity index (χ1) is 5.78. The van der Waals surface area contributed by atoms with Gasteiger partial charge in [-0.3, -0.25) is 0 Å². The summed E-state index contributed by atoms with van der Waals surface area (Å²) < 4.78 is 6.06. The molecule has 0 fully saturated rings. The van der Waals surface area contributed by atoms with Crippen LogP contribution in [0.3, 0.4) is 0 Å². The van der Waals surface area contributed by atoms with Crippen LogP contribution in [0.1, 0.15) is 34.1 Å². The molecule has 0 N–H and O–H groups in total. The van der Waals surface area contributed by atoms with Crippen molar-refractivity contribution in [2.75, 3.05) is 0 Å². The minimum Gasteiger partial charge on any atom is -0.415 e. The fourth-order valence-corrected chi connectivity index (χ4v) is 2.83. The van der Waals surface area contributed by atoms with Gasteiger partial charge in [0.05, 0.1) is 0 Å². The van der Waals surface area contributed by atoms with Crippen molar-refractivity contribution in [2.45, 2.75) is 59.9 Å². The van der Waals surface area contributed by atoms with Gasteiger partial charge in [0.2, 0.25) is 0 Å². The number of hydrogen-bond acceptors (Lipinski definition) is 1. The molecular weight excluding hydrogens is 176 g/mol. The van der Waals surface area contributed by atoms with Crippen molar-refractivity contribution in [3.63, 3.8) is 0 Å². The molecule has 0 aromatic heterocycles. The molecule has 0 aliphatic rings. The van der Waals surface area contributed by atoms with Gasteiger partial charge in [-0.2, -0.15) is 0 Å². The molecule has 0 rings (SSSR count). The Hall–Kier alpha value is 0.177. The predicted molar refractivity (Wildman–Crippen MR) is 62.5 cm³/mol. The molecule has 0 aliphatic heterocycles. The van der Waals surface area contributed by atoms with Crippen LogP contribution >= 0.6 is 0 Å². The van der Waals surface area contributed by atoms with Crippen molar-refractivity contribution >= 4 is 8.32 Å². The first-order valence-electron chi connectivity index (χ1n) is 5.45. The van der Waals surface area contributed by atoms with Crippen molar-refractivity contribution < 1.29 is 4.43 Å².